The second-order valence-electron chi connectivity index (χ2n) is 5.45. The molecule has 0 amide bonds. The van der Waals surface area contributed by atoms with Crippen LogP contribution in [0.4, 0.5) is 17.8 Å². The smallest absolute Gasteiger partial charge is 0.232 e. The molecular formula is C13H22N6O. The number of nitrogens with zero attached hydrogens (tertiary/aromatic N) is 5. The highest BCUT2D eigenvalue weighted by Crippen LogP contribution is 2.23. The molecule has 110 valence electrons. The van der Waals surface area contributed by atoms with Crippen molar-refractivity contribution in [3.63, 3.8) is 0 Å². The molecule has 0 aromatic carbocycles. The van der Waals surface area contributed by atoms with E-state index in [0.29, 0.717) is 11.9 Å². The number of morpholine rings is 1. The minimum atomic E-state index is 0.635. The van der Waals surface area contributed by atoms with Gasteiger partial charge in [-0.25, -0.2) is 0 Å². The molecule has 1 unspecified atom stereocenters. The number of ether oxygens (including phenoxy) is 1. The molecule has 0 saturated carbocycles. The summed E-state index contributed by atoms with van der Waals surface area (Å²) in [4.78, 5) is 18.0. The minimum Gasteiger partial charge on any atom is -0.378 e. The van der Waals surface area contributed by atoms with Crippen molar-refractivity contribution in [1.82, 2.24) is 15.0 Å². The van der Waals surface area contributed by atoms with Crippen molar-refractivity contribution in [1.29, 1.82) is 0 Å². The maximum atomic E-state index is 5.38. The molecule has 2 aliphatic rings. The summed E-state index contributed by atoms with van der Waals surface area (Å²) in [5.41, 5.74) is 0. The van der Waals surface area contributed by atoms with Crippen LogP contribution in [0.5, 0.6) is 0 Å². The Bertz CT molecular complexity index is 439. The van der Waals surface area contributed by atoms with E-state index in [2.05, 4.69) is 37.0 Å². The van der Waals surface area contributed by atoms with Crippen LogP contribution in [0.1, 0.15) is 13.3 Å². The highest BCUT2D eigenvalue weighted by molar-refractivity contribution is 5.45. The predicted molar refractivity (Wildman–Crippen MR) is 78.4 cm³/mol. The van der Waals surface area contributed by atoms with E-state index in [9.17, 15) is 0 Å². The topological polar surface area (TPSA) is 66.4 Å². The zero-order valence-corrected chi connectivity index (χ0v) is 12.2. The van der Waals surface area contributed by atoms with Gasteiger partial charge < -0.3 is 19.9 Å². The van der Waals surface area contributed by atoms with Gasteiger partial charge in [0, 0.05) is 33.2 Å². The van der Waals surface area contributed by atoms with Crippen LogP contribution in [0, 0.1) is 5.92 Å². The average molecular weight is 278 g/mol. The monoisotopic (exact) mass is 278 g/mol. The summed E-state index contributed by atoms with van der Waals surface area (Å²) in [6.07, 6.45) is 1.20. The van der Waals surface area contributed by atoms with Crippen molar-refractivity contribution >= 4 is 17.8 Å². The number of nitrogens with one attached hydrogen (secondary N) is 1. The van der Waals surface area contributed by atoms with Gasteiger partial charge in [0.1, 0.15) is 0 Å². The molecule has 20 heavy (non-hydrogen) atoms. The molecule has 0 spiro atoms. The van der Waals surface area contributed by atoms with Gasteiger partial charge >= 0.3 is 0 Å². The second-order valence-corrected chi connectivity index (χ2v) is 5.45. The van der Waals surface area contributed by atoms with Crippen molar-refractivity contribution in [3.05, 3.63) is 0 Å². The van der Waals surface area contributed by atoms with Gasteiger partial charge in [-0.2, -0.15) is 15.0 Å². The number of aromatic nitrogens is 3. The molecule has 1 N–H and O–H groups in total. The Morgan fingerprint density at radius 3 is 2.35 bits per heavy atom. The highest BCUT2D eigenvalue weighted by atomic mass is 16.5. The van der Waals surface area contributed by atoms with E-state index < -0.39 is 0 Å². The van der Waals surface area contributed by atoms with Gasteiger partial charge in [0.05, 0.1) is 13.2 Å². The molecule has 1 atom stereocenters. The third-order valence-electron chi connectivity index (χ3n) is 3.84. The SMILES string of the molecule is CNc1nc(N2CCOCC2)nc(N2CCC(C)C2)n1. The molecular weight excluding hydrogens is 256 g/mol. The van der Waals surface area contributed by atoms with E-state index >= 15 is 0 Å². The van der Waals surface area contributed by atoms with E-state index in [4.69, 9.17) is 4.74 Å². The Morgan fingerprint density at radius 1 is 1.05 bits per heavy atom. The molecule has 0 radical (unpaired) electrons. The Morgan fingerprint density at radius 2 is 1.75 bits per heavy atom. The Labute approximate surface area is 119 Å². The number of hydrogen-bond donors (Lipinski definition) is 1. The fourth-order valence-electron chi connectivity index (χ4n) is 2.63. The summed E-state index contributed by atoms with van der Waals surface area (Å²) in [7, 11) is 1.84. The molecule has 7 nitrogen and oxygen atoms in total. The lowest BCUT2D eigenvalue weighted by Gasteiger charge is -2.27. The van der Waals surface area contributed by atoms with E-state index in [1.165, 1.54) is 6.42 Å². The van der Waals surface area contributed by atoms with Gasteiger partial charge in [-0.1, -0.05) is 6.92 Å². The van der Waals surface area contributed by atoms with Gasteiger partial charge in [-0.05, 0) is 12.3 Å². The van der Waals surface area contributed by atoms with Crippen LogP contribution in [0.3, 0.4) is 0 Å². The van der Waals surface area contributed by atoms with Crippen molar-refractivity contribution in [2.24, 2.45) is 5.92 Å². The number of rotatable bonds is 3. The van der Waals surface area contributed by atoms with E-state index in [-0.39, 0.29) is 0 Å². The van der Waals surface area contributed by atoms with Crippen molar-refractivity contribution in [2.75, 3.05) is 61.6 Å². The lowest BCUT2D eigenvalue weighted by Crippen LogP contribution is -2.38. The molecule has 2 saturated heterocycles. The van der Waals surface area contributed by atoms with E-state index in [0.717, 1.165) is 51.3 Å². The number of hydrogen-bond acceptors (Lipinski definition) is 7. The molecule has 1 aromatic heterocycles. The van der Waals surface area contributed by atoms with E-state index in [1.54, 1.807) is 0 Å². The van der Waals surface area contributed by atoms with Gasteiger partial charge in [-0.15, -0.1) is 0 Å². The first-order valence-corrected chi connectivity index (χ1v) is 7.27. The van der Waals surface area contributed by atoms with Crippen LogP contribution in [0.15, 0.2) is 0 Å². The zero-order valence-electron chi connectivity index (χ0n) is 12.2. The second kappa shape index (κ2) is 5.78. The van der Waals surface area contributed by atoms with Crippen molar-refractivity contribution in [3.8, 4) is 0 Å². The van der Waals surface area contributed by atoms with E-state index in [1.807, 2.05) is 7.05 Å². The van der Waals surface area contributed by atoms with Crippen molar-refractivity contribution < 1.29 is 4.74 Å². The predicted octanol–water partition coefficient (Wildman–Crippen LogP) is 0.596. The van der Waals surface area contributed by atoms with Crippen molar-refractivity contribution in [2.45, 2.75) is 13.3 Å². The summed E-state index contributed by atoms with van der Waals surface area (Å²) in [6, 6.07) is 0. The largest absolute Gasteiger partial charge is 0.378 e. The zero-order chi connectivity index (χ0) is 13.9. The first-order chi connectivity index (χ1) is 9.76. The normalized spacial score (nSPS) is 23.2. The maximum Gasteiger partial charge on any atom is 0.232 e. The molecule has 2 fully saturated rings. The lowest BCUT2D eigenvalue weighted by atomic mass is 10.2. The Hall–Kier alpha value is -1.63. The van der Waals surface area contributed by atoms with Crippen LogP contribution < -0.4 is 15.1 Å². The minimum absolute atomic E-state index is 0.635. The Kier molecular flexibility index (Phi) is 3.86. The van der Waals surface area contributed by atoms with Gasteiger partial charge in [0.15, 0.2) is 0 Å². The summed E-state index contributed by atoms with van der Waals surface area (Å²) >= 11 is 0. The van der Waals surface area contributed by atoms with Crippen LogP contribution in [-0.4, -0.2) is 61.4 Å². The molecule has 0 bridgehead atoms. The molecule has 7 heteroatoms. The van der Waals surface area contributed by atoms with Crippen LogP contribution in [0.25, 0.3) is 0 Å². The quantitative estimate of drug-likeness (QED) is 0.868. The third kappa shape index (κ3) is 2.77. The van der Waals surface area contributed by atoms with Gasteiger partial charge in [0.25, 0.3) is 0 Å². The van der Waals surface area contributed by atoms with Crippen LogP contribution >= 0.6 is 0 Å². The summed E-state index contributed by atoms with van der Waals surface area (Å²) in [5, 5.41) is 3.03. The Balaban J connectivity index is 1.86. The summed E-state index contributed by atoms with van der Waals surface area (Å²) in [6.45, 7) is 7.45. The molecule has 3 rings (SSSR count). The molecule has 1 aromatic rings. The summed E-state index contributed by atoms with van der Waals surface area (Å²) < 4.78 is 5.38. The maximum absolute atomic E-state index is 5.38. The average Bonchev–Trinajstić information content (AvgIpc) is 2.94. The van der Waals surface area contributed by atoms with Crippen LogP contribution in [-0.2, 0) is 4.74 Å². The first kappa shape index (κ1) is 13.4. The van der Waals surface area contributed by atoms with Crippen LogP contribution in [0.2, 0.25) is 0 Å². The van der Waals surface area contributed by atoms with Gasteiger partial charge in [0.2, 0.25) is 17.8 Å². The lowest BCUT2D eigenvalue weighted by molar-refractivity contribution is 0.122. The standard InChI is InChI=1S/C13H22N6O/c1-10-3-4-19(9-10)13-16-11(14-2)15-12(17-13)18-5-7-20-8-6-18/h10H,3-9H2,1-2H3,(H,14,15,16,17). The fourth-order valence-corrected chi connectivity index (χ4v) is 2.63. The summed E-state index contributed by atoms with van der Waals surface area (Å²) in [5.74, 6) is 2.88. The first-order valence-electron chi connectivity index (χ1n) is 7.27. The number of anilines is 3. The fraction of sp³-hybridized carbons (Fsp3) is 0.769. The molecule has 2 aliphatic heterocycles. The molecule has 3 heterocycles. The highest BCUT2D eigenvalue weighted by Gasteiger charge is 2.23. The molecule has 0 aliphatic carbocycles. The van der Waals surface area contributed by atoms with Gasteiger partial charge in [-0.3, -0.25) is 0 Å². The third-order valence-corrected chi connectivity index (χ3v) is 3.84.